The SMILES string of the molecule is CC(=O)Nc1ccc(C2=NN(C(=O)c3ccc(C)cc3)C(c3ccco3)C2)cc1. The van der Waals surface area contributed by atoms with Crippen molar-refractivity contribution in [2.24, 2.45) is 5.10 Å². The van der Waals surface area contributed by atoms with Crippen LogP contribution < -0.4 is 5.32 Å². The van der Waals surface area contributed by atoms with Gasteiger partial charge in [0.15, 0.2) is 0 Å². The molecule has 146 valence electrons. The van der Waals surface area contributed by atoms with Crippen LogP contribution in [0.2, 0.25) is 0 Å². The molecule has 6 nitrogen and oxygen atoms in total. The highest BCUT2D eigenvalue weighted by molar-refractivity contribution is 6.05. The molecule has 1 N–H and O–H groups in total. The van der Waals surface area contributed by atoms with E-state index in [1.165, 1.54) is 11.9 Å². The molecule has 4 rings (SSSR count). The number of aryl methyl sites for hydroxylation is 1. The van der Waals surface area contributed by atoms with Gasteiger partial charge in [-0.15, -0.1) is 0 Å². The zero-order valence-electron chi connectivity index (χ0n) is 16.3. The van der Waals surface area contributed by atoms with Gasteiger partial charge in [0.1, 0.15) is 11.8 Å². The summed E-state index contributed by atoms with van der Waals surface area (Å²) in [6.07, 6.45) is 2.15. The molecule has 1 aliphatic heterocycles. The Kier molecular flexibility index (Phi) is 4.99. The van der Waals surface area contributed by atoms with Crippen LogP contribution in [0.4, 0.5) is 5.69 Å². The highest BCUT2D eigenvalue weighted by Crippen LogP contribution is 2.34. The predicted molar refractivity (Wildman–Crippen MR) is 111 cm³/mol. The van der Waals surface area contributed by atoms with Gasteiger partial charge in [0, 0.05) is 24.6 Å². The zero-order chi connectivity index (χ0) is 20.4. The Balaban J connectivity index is 1.65. The third-order valence-corrected chi connectivity index (χ3v) is 4.83. The monoisotopic (exact) mass is 387 g/mol. The summed E-state index contributed by atoms with van der Waals surface area (Å²) in [4.78, 5) is 24.4. The number of hydrazone groups is 1. The number of carbonyl (C=O) groups excluding carboxylic acids is 2. The van der Waals surface area contributed by atoms with E-state index >= 15 is 0 Å². The number of hydrogen-bond donors (Lipinski definition) is 1. The Hall–Kier alpha value is -3.67. The first-order valence-electron chi connectivity index (χ1n) is 9.40. The molecular formula is C23H21N3O3. The first kappa shape index (κ1) is 18.7. The standard InChI is InChI=1S/C23H21N3O3/c1-15-5-7-18(8-6-15)23(28)26-21(22-4-3-13-29-22)14-20(25-26)17-9-11-19(12-10-17)24-16(2)27/h3-13,21H,14H2,1-2H3,(H,24,27). The molecule has 0 radical (unpaired) electrons. The summed E-state index contributed by atoms with van der Waals surface area (Å²) in [7, 11) is 0. The highest BCUT2D eigenvalue weighted by atomic mass is 16.3. The summed E-state index contributed by atoms with van der Waals surface area (Å²) in [6.45, 7) is 3.45. The second-order valence-corrected chi connectivity index (χ2v) is 7.06. The first-order chi connectivity index (χ1) is 14.0. The fourth-order valence-electron chi connectivity index (χ4n) is 3.35. The Morgan fingerprint density at radius 2 is 1.79 bits per heavy atom. The molecule has 0 spiro atoms. The van der Waals surface area contributed by atoms with E-state index in [0.717, 1.165) is 22.5 Å². The van der Waals surface area contributed by atoms with Gasteiger partial charge in [-0.3, -0.25) is 9.59 Å². The molecule has 0 saturated heterocycles. The van der Waals surface area contributed by atoms with Gasteiger partial charge in [0.25, 0.3) is 5.91 Å². The number of hydrogen-bond acceptors (Lipinski definition) is 4. The molecule has 0 aliphatic carbocycles. The van der Waals surface area contributed by atoms with Crippen LogP contribution in [0.1, 0.15) is 46.6 Å². The molecule has 0 bridgehead atoms. The van der Waals surface area contributed by atoms with E-state index in [4.69, 9.17) is 4.42 Å². The average molecular weight is 387 g/mol. The van der Waals surface area contributed by atoms with Gasteiger partial charge in [-0.25, -0.2) is 5.01 Å². The minimum absolute atomic E-state index is 0.122. The maximum Gasteiger partial charge on any atom is 0.274 e. The number of nitrogens with zero attached hydrogens (tertiary/aromatic N) is 2. The van der Waals surface area contributed by atoms with Crippen LogP contribution in [0.3, 0.4) is 0 Å². The zero-order valence-corrected chi connectivity index (χ0v) is 16.3. The Bertz CT molecular complexity index is 1050. The lowest BCUT2D eigenvalue weighted by molar-refractivity contribution is -0.114. The Morgan fingerprint density at radius 3 is 2.41 bits per heavy atom. The van der Waals surface area contributed by atoms with Crippen molar-refractivity contribution in [3.63, 3.8) is 0 Å². The number of benzene rings is 2. The van der Waals surface area contributed by atoms with E-state index in [2.05, 4.69) is 10.4 Å². The molecule has 1 aromatic heterocycles. The summed E-state index contributed by atoms with van der Waals surface area (Å²) >= 11 is 0. The van der Waals surface area contributed by atoms with Crippen LogP contribution in [0.5, 0.6) is 0 Å². The maximum absolute atomic E-state index is 13.1. The summed E-state index contributed by atoms with van der Waals surface area (Å²) in [5.74, 6) is 0.402. The Morgan fingerprint density at radius 1 is 1.07 bits per heavy atom. The van der Waals surface area contributed by atoms with Gasteiger partial charge >= 0.3 is 0 Å². The van der Waals surface area contributed by atoms with Crippen molar-refractivity contribution >= 4 is 23.2 Å². The molecule has 1 atom stereocenters. The summed E-state index contributed by atoms with van der Waals surface area (Å²) < 4.78 is 5.59. The van der Waals surface area contributed by atoms with Crippen molar-refractivity contribution in [3.8, 4) is 0 Å². The van der Waals surface area contributed by atoms with Crippen molar-refractivity contribution in [1.82, 2.24) is 5.01 Å². The van der Waals surface area contributed by atoms with E-state index in [-0.39, 0.29) is 17.9 Å². The van der Waals surface area contributed by atoms with Gasteiger partial charge in [0.05, 0.1) is 12.0 Å². The minimum Gasteiger partial charge on any atom is -0.467 e. The van der Waals surface area contributed by atoms with Crippen molar-refractivity contribution < 1.29 is 14.0 Å². The van der Waals surface area contributed by atoms with Crippen LogP contribution in [-0.2, 0) is 4.79 Å². The van der Waals surface area contributed by atoms with Gasteiger partial charge in [-0.05, 0) is 48.9 Å². The maximum atomic E-state index is 13.1. The molecule has 0 fully saturated rings. The lowest BCUT2D eigenvalue weighted by atomic mass is 10.0. The largest absolute Gasteiger partial charge is 0.467 e. The second kappa shape index (κ2) is 7.75. The molecule has 3 aromatic rings. The molecule has 0 saturated carbocycles. The Labute approximate surface area is 168 Å². The van der Waals surface area contributed by atoms with Crippen LogP contribution in [0, 0.1) is 6.92 Å². The van der Waals surface area contributed by atoms with Crippen LogP contribution in [0.15, 0.2) is 76.4 Å². The fourth-order valence-corrected chi connectivity index (χ4v) is 3.35. The van der Waals surface area contributed by atoms with Crippen molar-refractivity contribution in [1.29, 1.82) is 0 Å². The molecule has 2 amide bonds. The van der Waals surface area contributed by atoms with Gasteiger partial charge in [0.2, 0.25) is 5.91 Å². The quantitative estimate of drug-likeness (QED) is 0.714. The minimum atomic E-state index is -0.302. The predicted octanol–water partition coefficient (Wildman–Crippen LogP) is 4.54. The lowest BCUT2D eigenvalue weighted by Crippen LogP contribution is -2.26. The molecule has 29 heavy (non-hydrogen) atoms. The van der Waals surface area contributed by atoms with E-state index < -0.39 is 0 Å². The molecule has 6 heteroatoms. The highest BCUT2D eigenvalue weighted by Gasteiger charge is 2.35. The normalized spacial score (nSPS) is 15.9. The smallest absolute Gasteiger partial charge is 0.274 e. The van der Waals surface area contributed by atoms with Gasteiger partial charge < -0.3 is 9.73 Å². The number of amides is 2. The number of carbonyl (C=O) groups is 2. The van der Waals surface area contributed by atoms with E-state index in [9.17, 15) is 9.59 Å². The third kappa shape index (κ3) is 3.96. The van der Waals surface area contributed by atoms with Crippen molar-refractivity contribution in [2.45, 2.75) is 26.3 Å². The third-order valence-electron chi connectivity index (χ3n) is 4.83. The molecular weight excluding hydrogens is 366 g/mol. The number of anilines is 1. The van der Waals surface area contributed by atoms with Crippen molar-refractivity contribution in [3.05, 3.63) is 89.4 Å². The summed E-state index contributed by atoms with van der Waals surface area (Å²) in [5, 5.41) is 8.89. The van der Waals surface area contributed by atoms with Crippen LogP contribution in [-0.4, -0.2) is 22.5 Å². The average Bonchev–Trinajstić information content (AvgIpc) is 3.38. The second-order valence-electron chi connectivity index (χ2n) is 7.06. The summed E-state index contributed by atoms with van der Waals surface area (Å²) in [5.41, 5.74) is 4.08. The van der Waals surface area contributed by atoms with E-state index in [0.29, 0.717) is 17.7 Å². The van der Waals surface area contributed by atoms with E-state index in [1.54, 1.807) is 6.26 Å². The summed E-state index contributed by atoms with van der Waals surface area (Å²) in [6, 6.07) is 18.3. The van der Waals surface area contributed by atoms with Crippen LogP contribution >= 0.6 is 0 Å². The molecule has 1 aliphatic rings. The van der Waals surface area contributed by atoms with Crippen LogP contribution in [0.25, 0.3) is 0 Å². The lowest BCUT2D eigenvalue weighted by Gasteiger charge is -2.20. The fraction of sp³-hybridized carbons (Fsp3) is 0.174. The van der Waals surface area contributed by atoms with Gasteiger partial charge in [-0.1, -0.05) is 29.8 Å². The first-order valence-corrected chi connectivity index (χ1v) is 9.40. The number of nitrogens with one attached hydrogen (secondary N) is 1. The molecule has 2 heterocycles. The van der Waals surface area contributed by atoms with Gasteiger partial charge in [-0.2, -0.15) is 5.10 Å². The number of furan rings is 1. The topological polar surface area (TPSA) is 74.9 Å². The van der Waals surface area contributed by atoms with Crippen molar-refractivity contribution in [2.75, 3.05) is 5.32 Å². The molecule has 1 unspecified atom stereocenters. The molecule has 2 aromatic carbocycles. The number of rotatable bonds is 4. The van der Waals surface area contributed by atoms with E-state index in [1.807, 2.05) is 67.6 Å².